The molecule has 0 atom stereocenters. The van der Waals surface area contributed by atoms with Crippen LogP contribution in [0.15, 0.2) is 48.7 Å². The number of nitro groups is 1. The fourth-order valence-electron chi connectivity index (χ4n) is 2.37. The average Bonchev–Trinajstić information content (AvgIpc) is 2.93. The predicted octanol–water partition coefficient (Wildman–Crippen LogP) is 4.00. The molecule has 0 unspecified atom stereocenters. The Morgan fingerprint density at radius 3 is 2.81 bits per heavy atom. The molecular weight excluding hydrogens is 266 g/mol. The Labute approximate surface area is 121 Å². The van der Waals surface area contributed by atoms with Crippen LogP contribution in [0, 0.1) is 17.0 Å². The first-order valence-electron chi connectivity index (χ1n) is 6.68. The van der Waals surface area contributed by atoms with E-state index in [4.69, 9.17) is 0 Å². The van der Waals surface area contributed by atoms with Crippen molar-refractivity contribution in [1.82, 2.24) is 4.98 Å². The van der Waals surface area contributed by atoms with E-state index in [9.17, 15) is 10.1 Å². The van der Waals surface area contributed by atoms with Gasteiger partial charge in [-0.15, -0.1) is 0 Å². The van der Waals surface area contributed by atoms with Crippen LogP contribution in [0.3, 0.4) is 0 Å². The highest BCUT2D eigenvalue weighted by molar-refractivity contribution is 5.80. The van der Waals surface area contributed by atoms with Gasteiger partial charge in [0, 0.05) is 36.1 Å². The normalized spacial score (nSPS) is 10.7. The maximum Gasteiger partial charge on any atom is 0.269 e. The van der Waals surface area contributed by atoms with Gasteiger partial charge in [0.25, 0.3) is 5.69 Å². The van der Waals surface area contributed by atoms with Crippen LogP contribution in [0.2, 0.25) is 0 Å². The van der Waals surface area contributed by atoms with Gasteiger partial charge in [0.1, 0.15) is 0 Å². The van der Waals surface area contributed by atoms with Gasteiger partial charge in [0.2, 0.25) is 0 Å². The summed E-state index contributed by atoms with van der Waals surface area (Å²) in [6.07, 6.45) is 1.92. The second-order valence-corrected chi connectivity index (χ2v) is 5.01. The molecule has 5 heteroatoms. The maximum atomic E-state index is 10.7. The van der Waals surface area contributed by atoms with Crippen LogP contribution in [0.4, 0.5) is 11.4 Å². The van der Waals surface area contributed by atoms with Gasteiger partial charge in [-0.05, 0) is 47.7 Å². The monoisotopic (exact) mass is 281 g/mol. The topological polar surface area (TPSA) is 71.0 Å². The molecule has 0 saturated carbocycles. The standard InChI is InChI=1S/C16H15N3O2/c1-11-8-14(19(20)21)3-5-15(11)18-10-12-2-4-16-13(9-12)6-7-17-16/h2-9,17-18H,10H2,1H3. The van der Waals surface area contributed by atoms with Gasteiger partial charge in [-0.1, -0.05) is 6.07 Å². The molecule has 0 radical (unpaired) electrons. The lowest BCUT2D eigenvalue weighted by atomic mass is 10.1. The van der Waals surface area contributed by atoms with Crippen LogP contribution in [0.1, 0.15) is 11.1 Å². The molecule has 1 aromatic heterocycles. The quantitative estimate of drug-likeness (QED) is 0.561. The molecule has 2 N–H and O–H groups in total. The van der Waals surface area contributed by atoms with E-state index in [1.807, 2.05) is 19.2 Å². The van der Waals surface area contributed by atoms with Gasteiger partial charge in [0.05, 0.1) is 4.92 Å². The number of non-ortho nitro benzene ring substituents is 1. The third-order valence-electron chi connectivity index (χ3n) is 3.52. The molecule has 0 bridgehead atoms. The van der Waals surface area contributed by atoms with Crippen molar-refractivity contribution in [3.63, 3.8) is 0 Å². The Hall–Kier alpha value is -2.82. The summed E-state index contributed by atoms with van der Waals surface area (Å²) >= 11 is 0. The zero-order valence-electron chi connectivity index (χ0n) is 11.6. The minimum absolute atomic E-state index is 0.117. The molecule has 106 valence electrons. The summed E-state index contributed by atoms with van der Waals surface area (Å²) in [4.78, 5) is 13.5. The van der Waals surface area contributed by atoms with Crippen LogP contribution >= 0.6 is 0 Å². The minimum Gasteiger partial charge on any atom is -0.381 e. The van der Waals surface area contributed by atoms with Gasteiger partial charge in [-0.3, -0.25) is 10.1 Å². The van der Waals surface area contributed by atoms with Gasteiger partial charge in [0.15, 0.2) is 0 Å². The molecule has 2 aromatic carbocycles. The van der Waals surface area contributed by atoms with Crippen molar-refractivity contribution in [2.45, 2.75) is 13.5 Å². The van der Waals surface area contributed by atoms with Crippen LogP contribution in [0.5, 0.6) is 0 Å². The molecule has 0 aliphatic carbocycles. The van der Waals surface area contributed by atoms with Crippen molar-refractivity contribution in [2.24, 2.45) is 0 Å². The largest absolute Gasteiger partial charge is 0.381 e. The van der Waals surface area contributed by atoms with E-state index >= 15 is 0 Å². The fraction of sp³-hybridized carbons (Fsp3) is 0.125. The third-order valence-corrected chi connectivity index (χ3v) is 3.52. The summed E-state index contributed by atoms with van der Waals surface area (Å²) in [7, 11) is 0. The van der Waals surface area contributed by atoms with Crippen LogP contribution < -0.4 is 5.32 Å². The van der Waals surface area contributed by atoms with Crippen molar-refractivity contribution >= 4 is 22.3 Å². The number of hydrogen-bond donors (Lipinski definition) is 2. The molecule has 0 aliphatic heterocycles. The number of aryl methyl sites for hydroxylation is 1. The van der Waals surface area contributed by atoms with Crippen molar-refractivity contribution in [3.8, 4) is 0 Å². The van der Waals surface area contributed by atoms with Crippen molar-refractivity contribution < 1.29 is 4.92 Å². The first kappa shape index (κ1) is 13.2. The first-order chi connectivity index (χ1) is 10.1. The van der Waals surface area contributed by atoms with E-state index in [-0.39, 0.29) is 10.6 Å². The van der Waals surface area contributed by atoms with Gasteiger partial charge in [-0.25, -0.2) is 0 Å². The summed E-state index contributed by atoms with van der Waals surface area (Å²) in [6.45, 7) is 2.55. The Morgan fingerprint density at radius 1 is 1.19 bits per heavy atom. The van der Waals surface area contributed by atoms with Crippen LogP contribution in [-0.4, -0.2) is 9.91 Å². The number of nitro benzene ring substituents is 1. The number of rotatable bonds is 4. The van der Waals surface area contributed by atoms with E-state index in [0.717, 1.165) is 16.8 Å². The number of aromatic nitrogens is 1. The first-order valence-corrected chi connectivity index (χ1v) is 6.68. The number of anilines is 1. The molecule has 0 amide bonds. The molecule has 1 heterocycles. The maximum absolute atomic E-state index is 10.7. The Bertz CT molecular complexity index is 808. The Balaban J connectivity index is 1.76. The average molecular weight is 281 g/mol. The summed E-state index contributed by atoms with van der Waals surface area (Å²) in [6, 6.07) is 13.1. The van der Waals surface area contributed by atoms with E-state index in [1.165, 1.54) is 17.0 Å². The fourth-order valence-corrected chi connectivity index (χ4v) is 2.37. The van der Waals surface area contributed by atoms with Crippen molar-refractivity contribution in [2.75, 3.05) is 5.32 Å². The smallest absolute Gasteiger partial charge is 0.269 e. The van der Waals surface area contributed by atoms with Crippen LogP contribution in [-0.2, 0) is 6.54 Å². The lowest BCUT2D eigenvalue weighted by Gasteiger charge is -2.09. The molecule has 3 aromatic rings. The highest BCUT2D eigenvalue weighted by Crippen LogP contribution is 2.22. The van der Waals surface area contributed by atoms with Crippen molar-refractivity contribution in [1.29, 1.82) is 0 Å². The summed E-state index contributed by atoms with van der Waals surface area (Å²) < 4.78 is 0. The Kier molecular flexibility index (Phi) is 3.31. The second-order valence-electron chi connectivity index (χ2n) is 5.01. The number of benzene rings is 2. The number of nitrogens with one attached hydrogen (secondary N) is 2. The zero-order chi connectivity index (χ0) is 14.8. The number of nitrogens with zero attached hydrogens (tertiary/aromatic N) is 1. The molecule has 0 saturated heterocycles. The summed E-state index contributed by atoms with van der Waals surface area (Å²) in [5.41, 5.74) is 4.18. The van der Waals surface area contributed by atoms with Gasteiger partial charge < -0.3 is 10.3 Å². The van der Waals surface area contributed by atoms with E-state index < -0.39 is 0 Å². The van der Waals surface area contributed by atoms with E-state index in [1.54, 1.807) is 12.1 Å². The number of H-pyrrole nitrogens is 1. The van der Waals surface area contributed by atoms with Crippen LogP contribution in [0.25, 0.3) is 10.9 Å². The summed E-state index contributed by atoms with van der Waals surface area (Å²) in [5.74, 6) is 0. The lowest BCUT2D eigenvalue weighted by Crippen LogP contribution is -2.01. The highest BCUT2D eigenvalue weighted by Gasteiger charge is 2.07. The SMILES string of the molecule is Cc1cc([N+](=O)[O-])ccc1NCc1ccc2[nH]ccc2c1. The summed E-state index contributed by atoms with van der Waals surface area (Å²) in [5, 5.41) is 15.2. The lowest BCUT2D eigenvalue weighted by molar-refractivity contribution is -0.384. The van der Waals surface area contributed by atoms with E-state index in [2.05, 4.69) is 28.5 Å². The molecule has 0 spiro atoms. The number of hydrogen-bond acceptors (Lipinski definition) is 3. The highest BCUT2D eigenvalue weighted by atomic mass is 16.6. The third kappa shape index (κ3) is 2.72. The predicted molar refractivity (Wildman–Crippen MR) is 83.5 cm³/mol. The molecule has 5 nitrogen and oxygen atoms in total. The molecule has 21 heavy (non-hydrogen) atoms. The molecule has 0 aliphatic rings. The minimum atomic E-state index is -0.378. The number of aromatic amines is 1. The van der Waals surface area contributed by atoms with Crippen molar-refractivity contribution in [3.05, 3.63) is 69.9 Å². The zero-order valence-corrected chi connectivity index (χ0v) is 11.6. The molecule has 0 fully saturated rings. The van der Waals surface area contributed by atoms with Gasteiger partial charge in [-0.2, -0.15) is 0 Å². The Morgan fingerprint density at radius 2 is 2.05 bits per heavy atom. The van der Waals surface area contributed by atoms with E-state index in [0.29, 0.717) is 6.54 Å². The molecular formula is C16H15N3O2. The molecule has 3 rings (SSSR count). The van der Waals surface area contributed by atoms with Gasteiger partial charge >= 0.3 is 0 Å². The second kappa shape index (κ2) is 5.28. The number of fused-ring (bicyclic) bond motifs is 1.